The van der Waals surface area contributed by atoms with Crippen LogP contribution in [0.15, 0.2) is 12.1 Å². The third-order valence-corrected chi connectivity index (χ3v) is 4.38. The molecule has 1 aromatic rings. The van der Waals surface area contributed by atoms with E-state index >= 15 is 0 Å². The van der Waals surface area contributed by atoms with Crippen molar-refractivity contribution < 1.29 is 8.78 Å². The zero-order valence-electron chi connectivity index (χ0n) is 11.2. The minimum Gasteiger partial charge on any atom is -0.313 e. The fourth-order valence-electron chi connectivity index (χ4n) is 3.07. The molecule has 0 spiro atoms. The molecule has 1 aromatic carbocycles. The highest BCUT2D eigenvalue weighted by Gasteiger charge is 2.25. The van der Waals surface area contributed by atoms with Gasteiger partial charge in [-0.2, -0.15) is 0 Å². The van der Waals surface area contributed by atoms with Gasteiger partial charge in [-0.1, -0.05) is 37.3 Å². The van der Waals surface area contributed by atoms with Gasteiger partial charge in [-0.3, -0.25) is 0 Å². The minimum absolute atomic E-state index is 0.000648. The summed E-state index contributed by atoms with van der Waals surface area (Å²) in [6.45, 7) is 0. The molecule has 1 atom stereocenters. The average Bonchev–Trinajstić information content (AvgIpc) is 2.65. The second kappa shape index (κ2) is 6.67. The van der Waals surface area contributed by atoms with Crippen LogP contribution in [0.1, 0.15) is 50.1 Å². The molecule has 1 aliphatic carbocycles. The molecular weight excluding hydrogens is 268 g/mol. The number of halogens is 3. The summed E-state index contributed by atoms with van der Waals surface area (Å²) < 4.78 is 26.6. The summed E-state index contributed by atoms with van der Waals surface area (Å²) in [5, 5.41) is 3.54. The van der Waals surface area contributed by atoms with Crippen LogP contribution in [0.5, 0.6) is 0 Å². The summed E-state index contributed by atoms with van der Waals surface area (Å²) in [6.07, 6.45) is 7.15. The van der Waals surface area contributed by atoms with Crippen molar-refractivity contribution in [2.45, 2.75) is 44.6 Å². The zero-order chi connectivity index (χ0) is 13.8. The van der Waals surface area contributed by atoms with Crippen molar-refractivity contribution in [2.24, 2.45) is 5.92 Å². The van der Waals surface area contributed by atoms with Crippen molar-refractivity contribution in [1.29, 1.82) is 0 Å². The van der Waals surface area contributed by atoms with E-state index in [1.807, 2.05) is 7.05 Å². The Morgan fingerprint density at radius 1 is 1.11 bits per heavy atom. The molecule has 0 aromatic heterocycles. The third kappa shape index (κ3) is 3.46. The molecule has 1 saturated carbocycles. The van der Waals surface area contributed by atoms with Gasteiger partial charge in [-0.25, -0.2) is 8.78 Å². The van der Waals surface area contributed by atoms with Crippen LogP contribution in [-0.4, -0.2) is 7.05 Å². The monoisotopic (exact) mass is 287 g/mol. The molecule has 0 heterocycles. The van der Waals surface area contributed by atoms with E-state index < -0.39 is 11.6 Å². The molecule has 0 aliphatic heterocycles. The molecular formula is C15H20ClF2N. The van der Waals surface area contributed by atoms with Gasteiger partial charge in [0.1, 0.15) is 0 Å². The van der Waals surface area contributed by atoms with Gasteiger partial charge in [0.05, 0.1) is 0 Å². The summed E-state index contributed by atoms with van der Waals surface area (Å²) in [4.78, 5) is 0. The van der Waals surface area contributed by atoms with Crippen molar-refractivity contribution >= 4 is 11.6 Å². The van der Waals surface area contributed by atoms with Crippen LogP contribution >= 0.6 is 11.6 Å². The second-order valence-corrected chi connectivity index (χ2v) is 5.71. The van der Waals surface area contributed by atoms with Gasteiger partial charge >= 0.3 is 0 Å². The standard InChI is InChI=1S/C15H20ClF2N/c1-19-15(10-6-4-2-3-5-7-10)11-8-13(17)14(18)9-12(11)16/h8-10,15,19H,2-7H2,1H3. The van der Waals surface area contributed by atoms with Crippen LogP contribution in [0.3, 0.4) is 0 Å². The second-order valence-electron chi connectivity index (χ2n) is 5.31. The summed E-state index contributed by atoms with van der Waals surface area (Å²) in [6, 6.07) is 2.32. The van der Waals surface area contributed by atoms with E-state index in [1.54, 1.807) is 0 Å². The Morgan fingerprint density at radius 3 is 2.26 bits per heavy atom. The van der Waals surface area contributed by atoms with Crippen LogP contribution in [-0.2, 0) is 0 Å². The lowest BCUT2D eigenvalue weighted by Crippen LogP contribution is -2.25. The van der Waals surface area contributed by atoms with E-state index in [9.17, 15) is 8.78 Å². The van der Waals surface area contributed by atoms with E-state index in [0.29, 0.717) is 16.5 Å². The average molecular weight is 288 g/mol. The molecule has 1 fully saturated rings. The third-order valence-electron chi connectivity index (χ3n) is 4.06. The van der Waals surface area contributed by atoms with Crippen LogP contribution in [0, 0.1) is 17.6 Å². The Labute approximate surface area is 118 Å². The molecule has 0 saturated heterocycles. The smallest absolute Gasteiger partial charge is 0.160 e. The Hall–Kier alpha value is -0.670. The first-order valence-electron chi connectivity index (χ1n) is 6.95. The van der Waals surface area contributed by atoms with Gasteiger partial charge in [0.15, 0.2) is 11.6 Å². The lowest BCUT2D eigenvalue weighted by molar-refractivity contribution is 0.340. The largest absolute Gasteiger partial charge is 0.313 e. The molecule has 106 valence electrons. The lowest BCUT2D eigenvalue weighted by Gasteiger charge is -2.27. The fourth-order valence-corrected chi connectivity index (χ4v) is 3.33. The van der Waals surface area contributed by atoms with Gasteiger partial charge in [0.25, 0.3) is 0 Å². The van der Waals surface area contributed by atoms with Gasteiger partial charge in [0.2, 0.25) is 0 Å². The van der Waals surface area contributed by atoms with E-state index in [0.717, 1.165) is 18.9 Å². The summed E-state index contributed by atoms with van der Waals surface area (Å²) in [7, 11) is 1.85. The van der Waals surface area contributed by atoms with Crippen molar-refractivity contribution in [3.8, 4) is 0 Å². The SMILES string of the molecule is CNC(c1cc(F)c(F)cc1Cl)C1CCCCCC1. The molecule has 1 unspecified atom stereocenters. The molecule has 1 nitrogen and oxygen atoms in total. The topological polar surface area (TPSA) is 12.0 Å². The minimum atomic E-state index is -0.885. The highest BCUT2D eigenvalue weighted by molar-refractivity contribution is 6.31. The number of hydrogen-bond acceptors (Lipinski definition) is 1. The maximum absolute atomic E-state index is 13.4. The number of hydrogen-bond donors (Lipinski definition) is 1. The molecule has 2 rings (SSSR count). The number of nitrogens with one attached hydrogen (secondary N) is 1. The molecule has 0 radical (unpaired) electrons. The van der Waals surface area contributed by atoms with Crippen LogP contribution in [0.2, 0.25) is 5.02 Å². The fraction of sp³-hybridized carbons (Fsp3) is 0.600. The van der Waals surface area contributed by atoms with E-state index in [1.165, 1.54) is 31.7 Å². The summed E-state index contributed by atoms with van der Waals surface area (Å²) in [5.41, 5.74) is 0.676. The van der Waals surface area contributed by atoms with Crippen LogP contribution < -0.4 is 5.32 Å². The quantitative estimate of drug-likeness (QED) is 0.619. The van der Waals surface area contributed by atoms with E-state index in [4.69, 9.17) is 11.6 Å². The Kier molecular flexibility index (Phi) is 5.17. The summed E-state index contributed by atoms with van der Waals surface area (Å²) >= 11 is 6.09. The first kappa shape index (κ1) is 14.7. The van der Waals surface area contributed by atoms with Gasteiger partial charge in [0, 0.05) is 11.1 Å². The van der Waals surface area contributed by atoms with Crippen LogP contribution in [0.4, 0.5) is 8.78 Å². The molecule has 4 heteroatoms. The van der Waals surface area contributed by atoms with Gasteiger partial charge < -0.3 is 5.32 Å². The first-order chi connectivity index (χ1) is 9.13. The first-order valence-corrected chi connectivity index (χ1v) is 7.33. The van der Waals surface area contributed by atoms with Crippen molar-refractivity contribution in [3.63, 3.8) is 0 Å². The zero-order valence-corrected chi connectivity index (χ0v) is 11.9. The van der Waals surface area contributed by atoms with Gasteiger partial charge in [-0.15, -0.1) is 0 Å². The highest BCUT2D eigenvalue weighted by Crippen LogP contribution is 2.36. The lowest BCUT2D eigenvalue weighted by atomic mass is 9.87. The maximum Gasteiger partial charge on any atom is 0.160 e. The Bertz CT molecular complexity index is 428. The Morgan fingerprint density at radius 2 is 1.68 bits per heavy atom. The van der Waals surface area contributed by atoms with Crippen molar-refractivity contribution in [1.82, 2.24) is 5.32 Å². The van der Waals surface area contributed by atoms with Crippen LogP contribution in [0.25, 0.3) is 0 Å². The number of benzene rings is 1. The molecule has 1 aliphatic rings. The predicted octanol–water partition coefficient (Wildman–Crippen LogP) is 4.85. The van der Waals surface area contributed by atoms with E-state index in [-0.39, 0.29) is 6.04 Å². The summed E-state index contributed by atoms with van der Waals surface area (Å²) in [5.74, 6) is -1.27. The number of rotatable bonds is 3. The predicted molar refractivity (Wildman–Crippen MR) is 74.4 cm³/mol. The van der Waals surface area contributed by atoms with Crippen molar-refractivity contribution in [2.75, 3.05) is 7.05 Å². The molecule has 1 N–H and O–H groups in total. The molecule has 19 heavy (non-hydrogen) atoms. The van der Waals surface area contributed by atoms with E-state index in [2.05, 4.69) is 5.32 Å². The molecule has 0 bridgehead atoms. The normalized spacial score (nSPS) is 19.2. The highest BCUT2D eigenvalue weighted by atomic mass is 35.5. The van der Waals surface area contributed by atoms with Gasteiger partial charge in [-0.05, 0) is 43.5 Å². The van der Waals surface area contributed by atoms with Crippen molar-refractivity contribution in [3.05, 3.63) is 34.4 Å². The Balaban J connectivity index is 2.27. The molecule has 0 amide bonds. The maximum atomic E-state index is 13.4.